The van der Waals surface area contributed by atoms with Gasteiger partial charge >= 0.3 is 0 Å². The predicted octanol–water partition coefficient (Wildman–Crippen LogP) is 10.9. The summed E-state index contributed by atoms with van der Waals surface area (Å²) in [6.45, 7) is 0. The van der Waals surface area contributed by atoms with Crippen LogP contribution in [0.4, 0.5) is 0 Å². The lowest BCUT2D eigenvalue weighted by molar-refractivity contribution is 1.07. The molecule has 0 unspecified atom stereocenters. The fourth-order valence-corrected chi connectivity index (χ4v) is 5.91. The van der Waals surface area contributed by atoms with Gasteiger partial charge in [-0.2, -0.15) is 0 Å². The average Bonchev–Trinajstić information content (AvgIpc) is 3.19. The second kappa shape index (κ2) is 13.1. The Bertz CT molecular complexity index is 2200. The topological polar surface area (TPSA) is 51.6 Å². The Balaban J connectivity index is 1.20. The summed E-state index contributed by atoms with van der Waals surface area (Å²) in [5.41, 5.74) is 11.9. The largest absolute Gasteiger partial charge is 0.265 e. The van der Waals surface area contributed by atoms with Gasteiger partial charge in [0, 0.05) is 29.1 Å². The lowest BCUT2D eigenvalue weighted by Crippen LogP contribution is -2.00. The van der Waals surface area contributed by atoms with Gasteiger partial charge in [0.05, 0.1) is 0 Å². The van der Waals surface area contributed by atoms with Crippen molar-refractivity contribution in [2.45, 2.75) is 0 Å². The fourth-order valence-electron chi connectivity index (χ4n) is 5.91. The number of pyridine rings is 1. The molecule has 48 heavy (non-hydrogen) atoms. The van der Waals surface area contributed by atoms with Crippen LogP contribution < -0.4 is 0 Å². The zero-order valence-electron chi connectivity index (χ0n) is 26.1. The highest BCUT2D eigenvalue weighted by Gasteiger charge is 2.14. The third kappa shape index (κ3) is 6.15. The molecule has 226 valence electrons. The molecule has 0 radical (unpaired) electrons. The molecular weight excluding hydrogens is 585 g/mol. The number of rotatable bonds is 7. The van der Waals surface area contributed by atoms with Crippen molar-refractivity contribution in [3.8, 4) is 78.7 Å². The third-order valence-corrected chi connectivity index (χ3v) is 8.47. The number of hydrogen-bond donors (Lipinski definition) is 0. The molecule has 0 aliphatic heterocycles. The van der Waals surface area contributed by atoms with Crippen LogP contribution >= 0.6 is 0 Å². The van der Waals surface area contributed by atoms with Crippen LogP contribution in [0.3, 0.4) is 0 Å². The summed E-state index contributed by atoms with van der Waals surface area (Å²) in [6, 6.07) is 58.6. The van der Waals surface area contributed by atoms with Crippen LogP contribution in [0.15, 0.2) is 182 Å². The number of nitrogens with zero attached hydrogens (tertiary/aromatic N) is 4. The van der Waals surface area contributed by atoms with Crippen molar-refractivity contribution in [3.63, 3.8) is 0 Å². The van der Waals surface area contributed by atoms with E-state index in [9.17, 15) is 0 Å². The van der Waals surface area contributed by atoms with Crippen LogP contribution in [0.1, 0.15) is 0 Å². The minimum Gasteiger partial charge on any atom is -0.265 e. The zero-order valence-corrected chi connectivity index (χ0v) is 26.1. The number of benzene rings is 6. The first-order chi connectivity index (χ1) is 23.8. The molecule has 0 aliphatic rings. The van der Waals surface area contributed by atoms with E-state index < -0.39 is 0 Å². The quantitative estimate of drug-likeness (QED) is 0.179. The van der Waals surface area contributed by atoms with Crippen LogP contribution in [0.2, 0.25) is 0 Å². The van der Waals surface area contributed by atoms with Gasteiger partial charge < -0.3 is 0 Å². The molecule has 0 amide bonds. The van der Waals surface area contributed by atoms with E-state index in [1.54, 1.807) is 0 Å². The van der Waals surface area contributed by atoms with Crippen molar-refractivity contribution in [1.82, 2.24) is 19.9 Å². The maximum absolute atomic E-state index is 5.04. The van der Waals surface area contributed by atoms with Crippen molar-refractivity contribution in [1.29, 1.82) is 0 Å². The van der Waals surface area contributed by atoms with Gasteiger partial charge in [-0.1, -0.05) is 146 Å². The Morgan fingerprint density at radius 1 is 0.229 bits per heavy atom. The standard InChI is InChI=1S/C44H30N4/c1-3-9-31(10-4-1)33-17-21-36(22-18-33)42-46-43(37-23-19-34(20-24-37)32-11-5-2-6-12-32)48-44(47-42)41-16-8-15-40(30-41)39-14-7-13-38(29-39)35-25-27-45-28-26-35/h1-30H. The summed E-state index contributed by atoms with van der Waals surface area (Å²) in [7, 11) is 0. The molecule has 2 heterocycles. The van der Waals surface area contributed by atoms with Gasteiger partial charge in [-0.15, -0.1) is 0 Å². The molecular formula is C44H30N4. The van der Waals surface area contributed by atoms with Crippen molar-refractivity contribution >= 4 is 0 Å². The Kier molecular flexibility index (Phi) is 7.87. The van der Waals surface area contributed by atoms with Crippen LogP contribution in [0.25, 0.3) is 78.7 Å². The maximum atomic E-state index is 5.04. The Hall–Kier alpha value is -6.52. The molecule has 0 saturated carbocycles. The van der Waals surface area contributed by atoms with Crippen LogP contribution in [-0.4, -0.2) is 19.9 Å². The second-order valence-electron chi connectivity index (χ2n) is 11.6. The van der Waals surface area contributed by atoms with Crippen molar-refractivity contribution in [2.75, 3.05) is 0 Å². The first-order valence-electron chi connectivity index (χ1n) is 16.0. The zero-order chi connectivity index (χ0) is 32.1. The molecule has 0 spiro atoms. The Morgan fingerprint density at radius 3 is 1.02 bits per heavy atom. The van der Waals surface area contributed by atoms with E-state index in [2.05, 4.69) is 151 Å². The van der Waals surface area contributed by atoms with Crippen molar-refractivity contribution in [3.05, 3.63) is 182 Å². The van der Waals surface area contributed by atoms with Gasteiger partial charge in [0.15, 0.2) is 17.5 Å². The highest BCUT2D eigenvalue weighted by molar-refractivity contribution is 5.77. The molecule has 0 aliphatic carbocycles. The molecule has 4 heteroatoms. The molecule has 0 N–H and O–H groups in total. The lowest BCUT2D eigenvalue weighted by Gasteiger charge is -2.11. The smallest absolute Gasteiger partial charge is 0.164 e. The van der Waals surface area contributed by atoms with E-state index in [4.69, 9.17) is 15.0 Å². The second-order valence-corrected chi connectivity index (χ2v) is 11.6. The van der Waals surface area contributed by atoms with Gasteiger partial charge in [-0.05, 0) is 68.8 Å². The van der Waals surface area contributed by atoms with Crippen molar-refractivity contribution < 1.29 is 0 Å². The summed E-state index contributed by atoms with van der Waals surface area (Å²) >= 11 is 0. The molecule has 0 saturated heterocycles. The fraction of sp³-hybridized carbons (Fsp3) is 0. The summed E-state index contributed by atoms with van der Waals surface area (Å²) in [5, 5.41) is 0. The summed E-state index contributed by atoms with van der Waals surface area (Å²) in [5.74, 6) is 1.89. The number of aromatic nitrogens is 4. The summed E-state index contributed by atoms with van der Waals surface area (Å²) in [4.78, 5) is 19.2. The predicted molar refractivity (Wildman–Crippen MR) is 196 cm³/mol. The van der Waals surface area contributed by atoms with E-state index in [0.717, 1.165) is 50.1 Å². The summed E-state index contributed by atoms with van der Waals surface area (Å²) in [6.07, 6.45) is 3.64. The summed E-state index contributed by atoms with van der Waals surface area (Å²) < 4.78 is 0. The normalized spacial score (nSPS) is 10.9. The monoisotopic (exact) mass is 614 g/mol. The molecule has 8 aromatic rings. The van der Waals surface area contributed by atoms with Gasteiger partial charge in [0.25, 0.3) is 0 Å². The highest BCUT2D eigenvalue weighted by Crippen LogP contribution is 2.31. The lowest BCUT2D eigenvalue weighted by atomic mass is 9.98. The van der Waals surface area contributed by atoms with E-state index in [0.29, 0.717) is 17.5 Å². The van der Waals surface area contributed by atoms with Crippen molar-refractivity contribution in [2.24, 2.45) is 0 Å². The average molecular weight is 615 g/mol. The minimum atomic E-state index is 0.626. The molecule has 6 aromatic carbocycles. The van der Waals surface area contributed by atoms with Gasteiger partial charge in [-0.25, -0.2) is 15.0 Å². The van der Waals surface area contributed by atoms with Gasteiger partial charge in [0.1, 0.15) is 0 Å². The van der Waals surface area contributed by atoms with E-state index in [1.807, 2.05) is 36.7 Å². The van der Waals surface area contributed by atoms with Crippen LogP contribution in [0, 0.1) is 0 Å². The van der Waals surface area contributed by atoms with E-state index in [1.165, 1.54) is 11.1 Å². The van der Waals surface area contributed by atoms with Crippen LogP contribution in [-0.2, 0) is 0 Å². The third-order valence-electron chi connectivity index (χ3n) is 8.47. The van der Waals surface area contributed by atoms with Gasteiger partial charge in [0.2, 0.25) is 0 Å². The molecule has 0 fully saturated rings. The SMILES string of the molecule is c1ccc(-c2ccc(-c3nc(-c4ccc(-c5ccccc5)cc4)nc(-c4cccc(-c5cccc(-c6ccncc6)c5)c4)n3)cc2)cc1. The van der Waals surface area contributed by atoms with E-state index in [-0.39, 0.29) is 0 Å². The molecule has 0 atom stereocenters. The number of hydrogen-bond acceptors (Lipinski definition) is 4. The minimum absolute atomic E-state index is 0.626. The highest BCUT2D eigenvalue weighted by atomic mass is 15.0. The maximum Gasteiger partial charge on any atom is 0.164 e. The molecule has 0 bridgehead atoms. The van der Waals surface area contributed by atoms with E-state index >= 15 is 0 Å². The Labute approximate surface area is 280 Å². The first kappa shape index (κ1) is 28.9. The van der Waals surface area contributed by atoms with Crippen LogP contribution in [0.5, 0.6) is 0 Å². The first-order valence-corrected chi connectivity index (χ1v) is 16.0. The molecule has 8 rings (SSSR count). The molecule has 4 nitrogen and oxygen atoms in total. The molecule has 2 aromatic heterocycles. The Morgan fingerprint density at radius 2 is 0.542 bits per heavy atom. The van der Waals surface area contributed by atoms with Gasteiger partial charge in [-0.3, -0.25) is 4.98 Å².